The molecule has 1 aromatic carbocycles. The minimum atomic E-state index is -0.933. The fraction of sp³-hybridized carbons (Fsp3) is 0.357. The second-order valence-electron chi connectivity index (χ2n) is 4.90. The Morgan fingerprint density at radius 1 is 1.50 bits per heavy atom. The number of carbonyl (C=O) groups excluding carboxylic acids is 1. The van der Waals surface area contributed by atoms with Crippen LogP contribution in [0.4, 0.5) is 4.39 Å². The molecule has 0 aliphatic heterocycles. The van der Waals surface area contributed by atoms with Gasteiger partial charge >= 0.3 is 0 Å². The van der Waals surface area contributed by atoms with Crippen LogP contribution in [-0.2, 0) is 4.79 Å². The SMILES string of the molecule is CN(CC(C)(C)O)C(=O)C=Cc1cccc(F)c1. The van der Waals surface area contributed by atoms with Gasteiger partial charge in [0.1, 0.15) is 5.82 Å². The van der Waals surface area contributed by atoms with Crippen LogP contribution in [0, 0.1) is 5.82 Å². The first-order chi connectivity index (χ1) is 8.28. The molecule has 0 aliphatic rings. The highest BCUT2D eigenvalue weighted by Gasteiger charge is 2.17. The van der Waals surface area contributed by atoms with Crippen LogP contribution in [0.25, 0.3) is 6.08 Å². The molecule has 0 unspecified atom stereocenters. The van der Waals surface area contributed by atoms with Crippen molar-refractivity contribution >= 4 is 12.0 Å². The van der Waals surface area contributed by atoms with Crippen LogP contribution >= 0.6 is 0 Å². The van der Waals surface area contributed by atoms with Gasteiger partial charge in [0, 0.05) is 19.7 Å². The van der Waals surface area contributed by atoms with Gasteiger partial charge in [0.2, 0.25) is 5.91 Å². The molecule has 0 bridgehead atoms. The molecule has 0 saturated heterocycles. The molecule has 3 nitrogen and oxygen atoms in total. The number of carbonyl (C=O) groups is 1. The first-order valence-electron chi connectivity index (χ1n) is 5.69. The second-order valence-corrected chi connectivity index (χ2v) is 4.90. The van der Waals surface area contributed by atoms with Crippen LogP contribution in [0.3, 0.4) is 0 Å². The highest BCUT2D eigenvalue weighted by molar-refractivity contribution is 5.91. The molecule has 0 saturated carbocycles. The lowest BCUT2D eigenvalue weighted by atomic mass is 10.1. The summed E-state index contributed by atoms with van der Waals surface area (Å²) in [4.78, 5) is 13.1. The van der Waals surface area contributed by atoms with Crippen molar-refractivity contribution in [2.45, 2.75) is 19.4 Å². The highest BCUT2D eigenvalue weighted by Crippen LogP contribution is 2.07. The molecular weight excluding hydrogens is 233 g/mol. The average Bonchev–Trinajstić information content (AvgIpc) is 2.23. The molecule has 0 radical (unpaired) electrons. The van der Waals surface area contributed by atoms with Crippen LogP contribution < -0.4 is 0 Å². The zero-order valence-electron chi connectivity index (χ0n) is 10.9. The number of benzene rings is 1. The third-order valence-corrected chi connectivity index (χ3v) is 2.27. The molecule has 0 heterocycles. The lowest BCUT2D eigenvalue weighted by Crippen LogP contribution is -2.38. The van der Waals surface area contributed by atoms with E-state index in [2.05, 4.69) is 0 Å². The molecule has 98 valence electrons. The normalized spacial score (nSPS) is 11.8. The van der Waals surface area contributed by atoms with Crippen molar-refractivity contribution in [1.29, 1.82) is 0 Å². The monoisotopic (exact) mass is 251 g/mol. The van der Waals surface area contributed by atoms with Gasteiger partial charge in [-0.3, -0.25) is 4.79 Å². The van der Waals surface area contributed by atoms with Gasteiger partial charge in [0.05, 0.1) is 5.60 Å². The Balaban J connectivity index is 2.64. The van der Waals surface area contributed by atoms with E-state index in [1.54, 1.807) is 39.1 Å². The zero-order valence-corrected chi connectivity index (χ0v) is 10.9. The minimum absolute atomic E-state index is 0.235. The molecule has 0 spiro atoms. The van der Waals surface area contributed by atoms with Crippen LogP contribution in [0.2, 0.25) is 0 Å². The fourth-order valence-electron chi connectivity index (χ4n) is 1.56. The molecule has 0 fully saturated rings. The Kier molecular flexibility index (Phi) is 4.62. The molecule has 1 N–H and O–H groups in total. The summed E-state index contributed by atoms with van der Waals surface area (Å²) in [5.74, 6) is -0.573. The number of hydrogen-bond acceptors (Lipinski definition) is 2. The lowest BCUT2D eigenvalue weighted by molar-refractivity contribution is -0.127. The van der Waals surface area contributed by atoms with E-state index in [4.69, 9.17) is 0 Å². The summed E-state index contributed by atoms with van der Waals surface area (Å²) in [5, 5.41) is 9.59. The van der Waals surface area contributed by atoms with E-state index in [0.29, 0.717) is 5.56 Å². The molecule has 1 rings (SSSR count). The molecule has 0 aliphatic carbocycles. The van der Waals surface area contributed by atoms with Crippen molar-refractivity contribution in [1.82, 2.24) is 4.90 Å². The van der Waals surface area contributed by atoms with Crippen LogP contribution in [0.1, 0.15) is 19.4 Å². The summed E-state index contributed by atoms with van der Waals surface area (Å²) in [7, 11) is 1.61. The number of rotatable bonds is 4. The summed E-state index contributed by atoms with van der Waals surface area (Å²) in [6.45, 7) is 3.50. The number of amides is 1. The minimum Gasteiger partial charge on any atom is -0.389 e. The van der Waals surface area contributed by atoms with Crippen molar-refractivity contribution < 1.29 is 14.3 Å². The van der Waals surface area contributed by atoms with Gasteiger partial charge in [-0.05, 0) is 37.6 Å². The van der Waals surface area contributed by atoms with Crippen LogP contribution in [0.5, 0.6) is 0 Å². The third kappa shape index (κ3) is 5.10. The van der Waals surface area contributed by atoms with Gasteiger partial charge in [-0.2, -0.15) is 0 Å². The maximum atomic E-state index is 12.9. The van der Waals surface area contributed by atoms with Gasteiger partial charge in [-0.1, -0.05) is 12.1 Å². The number of nitrogens with zero attached hydrogens (tertiary/aromatic N) is 1. The van der Waals surface area contributed by atoms with Crippen molar-refractivity contribution in [3.05, 3.63) is 41.7 Å². The molecule has 1 amide bonds. The number of likely N-dealkylation sites (N-methyl/N-ethyl adjacent to an activating group) is 1. The third-order valence-electron chi connectivity index (χ3n) is 2.27. The van der Waals surface area contributed by atoms with Crippen molar-refractivity contribution in [3.63, 3.8) is 0 Å². The Hall–Kier alpha value is -1.68. The first-order valence-corrected chi connectivity index (χ1v) is 5.69. The van der Waals surface area contributed by atoms with Gasteiger partial charge in [0.15, 0.2) is 0 Å². The zero-order chi connectivity index (χ0) is 13.8. The summed E-state index contributed by atoms with van der Waals surface area (Å²) < 4.78 is 12.9. The Morgan fingerprint density at radius 2 is 2.17 bits per heavy atom. The Labute approximate surface area is 107 Å². The van der Waals surface area contributed by atoms with Crippen LogP contribution in [-0.4, -0.2) is 35.1 Å². The number of halogens is 1. The standard InChI is InChI=1S/C14H18FNO2/c1-14(2,18)10-16(3)13(17)8-7-11-5-4-6-12(15)9-11/h4-9,18H,10H2,1-3H3. The summed E-state index contributed by atoms with van der Waals surface area (Å²) in [6, 6.07) is 5.99. The first kappa shape index (κ1) is 14.4. The molecule has 4 heteroatoms. The van der Waals surface area contributed by atoms with Crippen molar-refractivity contribution in [3.8, 4) is 0 Å². The van der Waals surface area contributed by atoms with Gasteiger partial charge in [0.25, 0.3) is 0 Å². The second kappa shape index (κ2) is 5.78. The fourth-order valence-corrected chi connectivity index (χ4v) is 1.56. The Morgan fingerprint density at radius 3 is 2.72 bits per heavy atom. The van der Waals surface area contributed by atoms with E-state index < -0.39 is 5.60 Å². The molecule has 0 atom stereocenters. The van der Waals surface area contributed by atoms with E-state index in [0.717, 1.165) is 0 Å². The van der Waals surface area contributed by atoms with E-state index in [1.807, 2.05) is 0 Å². The van der Waals surface area contributed by atoms with E-state index >= 15 is 0 Å². The summed E-state index contributed by atoms with van der Waals surface area (Å²) in [5.41, 5.74) is -0.308. The predicted molar refractivity (Wildman–Crippen MR) is 69.4 cm³/mol. The average molecular weight is 251 g/mol. The maximum Gasteiger partial charge on any atom is 0.246 e. The van der Waals surface area contributed by atoms with E-state index in [9.17, 15) is 14.3 Å². The van der Waals surface area contributed by atoms with E-state index in [-0.39, 0.29) is 18.3 Å². The topological polar surface area (TPSA) is 40.5 Å². The largest absolute Gasteiger partial charge is 0.389 e. The Bertz CT molecular complexity index is 449. The molecule has 0 aromatic heterocycles. The number of hydrogen-bond donors (Lipinski definition) is 1. The van der Waals surface area contributed by atoms with Gasteiger partial charge < -0.3 is 10.0 Å². The summed E-state index contributed by atoms with van der Waals surface area (Å²) >= 11 is 0. The molecular formula is C14H18FNO2. The van der Waals surface area contributed by atoms with Gasteiger partial charge in [-0.25, -0.2) is 4.39 Å². The van der Waals surface area contributed by atoms with Crippen molar-refractivity contribution in [2.75, 3.05) is 13.6 Å². The smallest absolute Gasteiger partial charge is 0.246 e. The van der Waals surface area contributed by atoms with Gasteiger partial charge in [-0.15, -0.1) is 0 Å². The van der Waals surface area contributed by atoms with E-state index in [1.165, 1.54) is 23.1 Å². The molecule has 18 heavy (non-hydrogen) atoms. The quantitative estimate of drug-likeness (QED) is 0.832. The van der Waals surface area contributed by atoms with Crippen molar-refractivity contribution in [2.24, 2.45) is 0 Å². The maximum absolute atomic E-state index is 12.9. The van der Waals surface area contributed by atoms with Crippen LogP contribution in [0.15, 0.2) is 30.3 Å². The predicted octanol–water partition coefficient (Wildman–Crippen LogP) is 2.07. The lowest BCUT2D eigenvalue weighted by Gasteiger charge is -2.24. The summed E-state index contributed by atoms with van der Waals surface area (Å²) in [6.07, 6.45) is 2.91. The number of aliphatic hydroxyl groups is 1. The molecule has 1 aromatic rings. The highest BCUT2D eigenvalue weighted by atomic mass is 19.1.